The number of ether oxygens (including phenoxy) is 1. The van der Waals surface area contributed by atoms with Crippen LogP contribution in [0.5, 0.6) is 0 Å². The number of halogens is 3. The number of hydrogen-bond donors (Lipinski definition) is 1. The lowest BCUT2D eigenvalue weighted by molar-refractivity contribution is -0.157. The lowest BCUT2D eigenvalue weighted by atomic mass is 9.95. The summed E-state index contributed by atoms with van der Waals surface area (Å²) in [6.45, 7) is 0.102. The van der Waals surface area contributed by atoms with E-state index >= 15 is 4.39 Å². The van der Waals surface area contributed by atoms with Crippen molar-refractivity contribution in [1.82, 2.24) is 9.62 Å². The smallest absolute Gasteiger partial charge is 0.252 e. The summed E-state index contributed by atoms with van der Waals surface area (Å²) in [5.41, 5.74) is 0.656. The van der Waals surface area contributed by atoms with Gasteiger partial charge in [-0.25, -0.2) is 26.3 Å². The first-order valence-corrected chi connectivity index (χ1v) is 12.1. The first kappa shape index (κ1) is 22.8. The van der Waals surface area contributed by atoms with Gasteiger partial charge in [0.25, 0.3) is 5.91 Å². The Morgan fingerprint density at radius 2 is 1.94 bits per heavy atom. The number of carbonyl (C=O) groups is 1. The molecule has 2 aromatic carbocycles. The second-order valence-electron chi connectivity index (χ2n) is 8.13. The molecule has 2 aromatic rings. The van der Waals surface area contributed by atoms with Crippen LogP contribution in [0.4, 0.5) is 13.2 Å². The van der Waals surface area contributed by atoms with Gasteiger partial charge in [0.2, 0.25) is 10.0 Å². The van der Waals surface area contributed by atoms with Crippen molar-refractivity contribution in [1.29, 1.82) is 0 Å². The molecule has 2 saturated heterocycles. The molecule has 32 heavy (non-hydrogen) atoms. The summed E-state index contributed by atoms with van der Waals surface area (Å²) in [7, 11) is -3.79. The fraction of sp³-hybridized carbons (Fsp3) is 0.409. The van der Waals surface area contributed by atoms with Crippen LogP contribution in [0.25, 0.3) is 11.1 Å². The predicted molar refractivity (Wildman–Crippen MR) is 112 cm³/mol. The maximum atomic E-state index is 15.4. The van der Waals surface area contributed by atoms with E-state index in [9.17, 15) is 22.0 Å². The normalized spacial score (nSPS) is 25.6. The molecule has 0 radical (unpaired) electrons. The highest BCUT2D eigenvalue weighted by molar-refractivity contribution is 7.88. The Morgan fingerprint density at radius 1 is 1.22 bits per heavy atom. The zero-order valence-electron chi connectivity index (χ0n) is 17.3. The van der Waals surface area contributed by atoms with Crippen molar-refractivity contribution >= 4 is 15.9 Å². The van der Waals surface area contributed by atoms with Crippen LogP contribution in [0, 0.1) is 11.6 Å². The molecule has 4 rings (SSSR count). The van der Waals surface area contributed by atoms with Crippen LogP contribution < -0.4 is 4.72 Å². The molecule has 0 saturated carbocycles. The zero-order chi connectivity index (χ0) is 23.0. The summed E-state index contributed by atoms with van der Waals surface area (Å²) < 4.78 is 75.0. The number of nitrogens with zero attached hydrogens (tertiary/aromatic N) is 1. The number of sulfonamides is 1. The van der Waals surface area contributed by atoms with Crippen molar-refractivity contribution in [3.63, 3.8) is 0 Å². The number of benzene rings is 2. The van der Waals surface area contributed by atoms with Crippen molar-refractivity contribution in [2.75, 3.05) is 19.4 Å². The van der Waals surface area contributed by atoms with Crippen molar-refractivity contribution in [2.24, 2.45) is 0 Å². The highest BCUT2D eigenvalue weighted by atomic mass is 32.2. The number of carbonyl (C=O) groups excluding carboxylic acids is 1. The van der Waals surface area contributed by atoms with Gasteiger partial charge in [0, 0.05) is 12.0 Å². The van der Waals surface area contributed by atoms with Gasteiger partial charge in [0.15, 0.2) is 0 Å². The number of hydrogen-bond acceptors (Lipinski definition) is 4. The van der Waals surface area contributed by atoms with Gasteiger partial charge in [0.1, 0.15) is 23.9 Å². The minimum Gasteiger partial charge on any atom is -0.368 e. The minimum atomic E-state index is -3.79. The molecule has 1 amide bonds. The Bertz CT molecular complexity index is 1120. The summed E-state index contributed by atoms with van der Waals surface area (Å²) in [6.07, 6.45) is -1.09. The first-order chi connectivity index (χ1) is 15.1. The summed E-state index contributed by atoms with van der Waals surface area (Å²) in [5, 5.41) is 0. The molecule has 0 aliphatic carbocycles. The predicted octanol–water partition coefficient (Wildman–Crippen LogP) is 2.43. The molecule has 2 fully saturated rings. The Morgan fingerprint density at radius 3 is 2.56 bits per heavy atom. The second kappa shape index (κ2) is 8.84. The Hall–Kier alpha value is -2.43. The molecule has 0 bridgehead atoms. The molecule has 10 heteroatoms. The second-order valence-corrected chi connectivity index (χ2v) is 9.91. The van der Waals surface area contributed by atoms with Gasteiger partial charge < -0.3 is 9.64 Å². The standard InChI is InChI=1S/C22H23F3N2O4S/c1-32(29,30)26-21-17(24)12-27(22(28)19-8-9-31-19)18(21)11-14-5-3-7-16(20(14)25)13-4-2-6-15(23)10-13/h2-7,10,17-19,21,26H,8-9,11-12H2,1H3/t17-,18-,19?,21-/m0/s1. The van der Waals surface area contributed by atoms with Crippen LogP contribution >= 0.6 is 0 Å². The summed E-state index contributed by atoms with van der Waals surface area (Å²) in [6, 6.07) is 7.87. The van der Waals surface area contributed by atoms with Crippen LogP contribution in [0.2, 0.25) is 0 Å². The van der Waals surface area contributed by atoms with Crippen LogP contribution in [0.15, 0.2) is 42.5 Å². The Labute approximate surface area is 184 Å². The number of rotatable bonds is 6. The maximum Gasteiger partial charge on any atom is 0.252 e. The maximum absolute atomic E-state index is 15.4. The van der Waals surface area contributed by atoms with Gasteiger partial charge in [-0.15, -0.1) is 0 Å². The molecule has 1 N–H and O–H groups in total. The van der Waals surface area contributed by atoms with E-state index in [1.54, 1.807) is 12.1 Å². The average molecular weight is 468 g/mol. The van der Waals surface area contributed by atoms with Crippen LogP contribution in [-0.4, -0.2) is 63.0 Å². The monoisotopic (exact) mass is 468 g/mol. The molecule has 6 nitrogen and oxygen atoms in total. The van der Waals surface area contributed by atoms with E-state index in [1.807, 2.05) is 0 Å². The van der Waals surface area contributed by atoms with Crippen molar-refractivity contribution in [3.8, 4) is 11.1 Å². The van der Waals surface area contributed by atoms with Gasteiger partial charge in [-0.3, -0.25) is 4.79 Å². The van der Waals surface area contributed by atoms with E-state index in [4.69, 9.17) is 4.74 Å². The summed E-state index contributed by atoms with van der Waals surface area (Å²) in [5.74, 6) is -1.59. The summed E-state index contributed by atoms with van der Waals surface area (Å²) in [4.78, 5) is 14.1. The minimum absolute atomic E-state index is 0.124. The largest absolute Gasteiger partial charge is 0.368 e. The molecular weight excluding hydrogens is 445 g/mol. The number of nitrogens with one attached hydrogen (secondary N) is 1. The zero-order valence-corrected chi connectivity index (χ0v) is 18.1. The van der Waals surface area contributed by atoms with Gasteiger partial charge in [-0.2, -0.15) is 0 Å². The molecule has 0 spiro atoms. The van der Waals surface area contributed by atoms with Crippen molar-refractivity contribution < 1.29 is 31.1 Å². The highest BCUT2D eigenvalue weighted by Crippen LogP contribution is 2.31. The fourth-order valence-electron chi connectivity index (χ4n) is 4.22. The van der Waals surface area contributed by atoms with Crippen molar-refractivity contribution in [2.45, 2.75) is 37.2 Å². The van der Waals surface area contributed by atoms with Gasteiger partial charge in [-0.1, -0.05) is 30.3 Å². The molecule has 4 atom stereocenters. The molecule has 172 valence electrons. The third-order valence-corrected chi connectivity index (χ3v) is 6.53. The third kappa shape index (κ3) is 4.67. The molecule has 2 heterocycles. The quantitative estimate of drug-likeness (QED) is 0.707. The Balaban J connectivity index is 1.68. The van der Waals surface area contributed by atoms with Crippen molar-refractivity contribution in [3.05, 3.63) is 59.7 Å². The molecule has 2 aliphatic heterocycles. The fourth-order valence-corrected chi connectivity index (χ4v) is 5.02. The molecular formula is C22H23F3N2O4S. The lowest BCUT2D eigenvalue weighted by Gasteiger charge is -2.34. The van der Waals surface area contributed by atoms with E-state index in [-0.39, 0.29) is 24.1 Å². The number of alkyl halides is 1. The SMILES string of the molecule is CS(=O)(=O)N[C@H]1[C@@H](F)CN(C(=O)C2CCO2)[C@H]1Cc1cccc(-c2cccc(F)c2)c1F. The lowest BCUT2D eigenvalue weighted by Crippen LogP contribution is -2.53. The van der Waals surface area contributed by atoms with E-state index in [0.717, 1.165) is 6.26 Å². The first-order valence-electron chi connectivity index (χ1n) is 10.2. The van der Waals surface area contributed by atoms with Gasteiger partial charge in [-0.05, 0) is 29.7 Å². The van der Waals surface area contributed by atoms with E-state index in [0.29, 0.717) is 18.6 Å². The van der Waals surface area contributed by atoms with E-state index in [1.165, 1.54) is 35.2 Å². The van der Waals surface area contributed by atoms with Crippen LogP contribution in [-0.2, 0) is 26.0 Å². The van der Waals surface area contributed by atoms with Crippen LogP contribution in [0.3, 0.4) is 0 Å². The van der Waals surface area contributed by atoms with E-state index < -0.39 is 51.9 Å². The number of likely N-dealkylation sites (tertiary alicyclic amines) is 1. The molecule has 1 unspecified atom stereocenters. The van der Waals surface area contributed by atoms with E-state index in [2.05, 4.69) is 4.72 Å². The average Bonchev–Trinajstić information content (AvgIpc) is 2.96. The summed E-state index contributed by atoms with van der Waals surface area (Å²) >= 11 is 0. The van der Waals surface area contributed by atoms with Crippen LogP contribution in [0.1, 0.15) is 12.0 Å². The molecule has 2 aliphatic rings. The van der Waals surface area contributed by atoms with Gasteiger partial charge in [0.05, 0.1) is 31.5 Å². The highest BCUT2D eigenvalue weighted by Gasteiger charge is 2.48. The number of amides is 1. The third-order valence-electron chi connectivity index (χ3n) is 5.83. The molecule has 0 aromatic heterocycles. The topological polar surface area (TPSA) is 75.7 Å². The Kier molecular flexibility index (Phi) is 6.28. The van der Waals surface area contributed by atoms with Gasteiger partial charge >= 0.3 is 0 Å².